The summed E-state index contributed by atoms with van der Waals surface area (Å²) in [6.45, 7) is 4.09. The van der Waals surface area contributed by atoms with Crippen LogP contribution >= 0.6 is 0 Å². The van der Waals surface area contributed by atoms with Crippen LogP contribution in [-0.2, 0) is 5.41 Å². The minimum absolute atomic E-state index is 0.0782. The van der Waals surface area contributed by atoms with Crippen LogP contribution < -0.4 is 5.32 Å². The first-order chi connectivity index (χ1) is 15.8. The molecule has 2 atom stereocenters. The molecule has 166 valence electrons. The van der Waals surface area contributed by atoms with Gasteiger partial charge in [0.1, 0.15) is 23.9 Å². The highest BCUT2D eigenvalue weighted by Crippen LogP contribution is 2.69. The Labute approximate surface area is 188 Å². The zero-order valence-corrected chi connectivity index (χ0v) is 18.1. The van der Waals surface area contributed by atoms with Crippen molar-refractivity contribution in [3.05, 3.63) is 70.9 Å². The molecule has 1 N–H and O–H groups in total. The van der Waals surface area contributed by atoms with Crippen LogP contribution in [0.2, 0.25) is 0 Å². The SMILES string of the molecule is CC1(C)[C@H]2CC[C@]1(c1cncc(C(=O)NCC#N)n1)c1nnc(-c3c(F)cccc3F)cc12. The number of hydrogen-bond donors (Lipinski definition) is 1. The number of amides is 1. The van der Waals surface area contributed by atoms with E-state index in [0.29, 0.717) is 11.4 Å². The third-order valence-electron chi connectivity index (χ3n) is 7.23. The molecule has 0 spiro atoms. The minimum atomic E-state index is -0.691. The second-order valence-corrected chi connectivity index (χ2v) is 8.98. The maximum atomic E-state index is 14.4. The Morgan fingerprint density at radius 2 is 2.00 bits per heavy atom. The lowest BCUT2D eigenvalue weighted by atomic mass is 9.66. The first-order valence-corrected chi connectivity index (χ1v) is 10.6. The van der Waals surface area contributed by atoms with Crippen molar-refractivity contribution in [2.45, 2.75) is 38.0 Å². The van der Waals surface area contributed by atoms with Crippen LogP contribution in [0.1, 0.15) is 60.0 Å². The summed E-state index contributed by atoms with van der Waals surface area (Å²) in [5.74, 6) is -1.79. The number of rotatable bonds is 4. The molecule has 2 bridgehead atoms. The summed E-state index contributed by atoms with van der Waals surface area (Å²) in [6, 6.07) is 7.30. The predicted molar refractivity (Wildman–Crippen MR) is 114 cm³/mol. The van der Waals surface area contributed by atoms with E-state index in [1.165, 1.54) is 24.4 Å². The van der Waals surface area contributed by atoms with E-state index in [4.69, 9.17) is 5.26 Å². The lowest BCUT2D eigenvalue weighted by Gasteiger charge is -2.37. The third kappa shape index (κ3) is 2.86. The van der Waals surface area contributed by atoms with E-state index in [1.807, 2.05) is 6.07 Å². The number of nitrogens with zero attached hydrogens (tertiary/aromatic N) is 5. The highest BCUT2D eigenvalue weighted by atomic mass is 19.1. The second kappa shape index (κ2) is 7.37. The first kappa shape index (κ1) is 21.1. The van der Waals surface area contributed by atoms with Gasteiger partial charge in [-0.05, 0) is 47.9 Å². The fourth-order valence-electron chi connectivity index (χ4n) is 5.65. The van der Waals surface area contributed by atoms with Crippen molar-refractivity contribution in [3.63, 3.8) is 0 Å². The van der Waals surface area contributed by atoms with Gasteiger partial charge in [-0.2, -0.15) is 10.4 Å². The number of nitriles is 1. The Kier molecular flexibility index (Phi) is 4.71. The Morgan fingerprint density at radius 1 is 1.24 bits per heavy atom. The molecule has 0 unspecified atom stereocenters. The number of halogens is 2. The molecule has 2 aliphatic carbocycles. The van der Waals surface area contributed by atoms with Gasteiger partial charge in [-0.15, -0.1) is 5.10 Å². The quantitative estimate of drug-likeness (QED) is 0.613. The van der Waals surface area contributed by atoms with Gasteiger partial charge in [-0.25, -0.2) is 13.8 Å². The van der Waals surface area contributed by atoms with Crippen molar-refractivity contribution >= 4 is 5.91 Å². The van der Waals surface area contributed by atoms with Crippen molar-refractivity contribution < 1.29 is 13.6 Å². The molecule has 2 aliphatic rings. The molecule has 9 heteroatoms. The van der Waals surface area contributed by atoms with E-state index in [1.54, 1.807) is 12.3 Å². The molecule has 0 radical (unpaired) electrons. The Morgan fingerprint density at radius 3 is 2.73 bits per heavy atom. The highest BCUT2D eigenvalue weighted by molar-refractivity contribution is 5.92. The van der Waals surface area contributed by atoms with Gasteiger partial charge in [0, 0.05) is 6.20 Å². The number of nitrogens with one attached hydrogen (secondary N) is 1. The number of carbonyl (C=O) groups is 1. The van der Waals surface area contributed by atoms with E-state index >= 15 is 0 Å². The topological polar surface area (TPSA) is 104 Å². The van der Waals surface area contributed by atoms with Gasteiger partial charge < -0.3 is 5.32 Å². The van der Waals surface area contributed by atoms with Crippen LogP contribution in [0.5, 0.6) is 0 Å². The summed E-state index contributed by atoms with van der Waals surface area (Å²) in [7, 11) is 0. The molecule has 1 fully saturated rings. The summed E-state index contributed by atoms with van der Waals surface area (Å²) in [5, 5.41) is 19.9. The molecule has 1 amide bonds. The average Bonchev–Trinajstić information content (AvgIpc) is 3.18. The standard InChI is InChI=1S/C24H20F2N6O/c1-23(2)14-6-7-24(23,19-12-28-11-18(30-19)22(33)29-9-8-27)21-13(14)10-17(31-32-21)20-15(25)4-3-5-16(20)26/h3-5,10-12,14H,6-7,9H2,1-2H3,(H,29,33)/t14-,24-/m0/s1. The van der Waals surface area contributed by atoms with Gasteiger partial charge in [0.05, 0.1) is 40.3 Å². The van der Waals surface area contributed by atoms with Gasteiger partial charge in [-0.3, -0.25) is 9.78 Å². The second-order valence-electron chi connectivity index (χ2n) is 8.98. The van der Waals surface area contributed by atoms with Crippen molar-refractivity contribution in [1.82, 2.24) is 25.5 Å². The molecule has 1 aromatic carbocycles. The highest BCUT2D eigenvalue weighted by Gasteiger charge is 2.65. The molecule has 3 aromatic rings. The Bertz CT molecular complexity index is 1310. The van der Waals surface area contributed by atoms with E-state index in [-0.39, 0.29) is 34.8 Å². The van der Waals surface area contributed by atoms with Gasteiger partial charge in [0.25, 0.3) is 5.91 Å². The lowest BCUT2D eigenvalue weighted by molar-refractivity contribution is 0.0952. The molecule has 1 saturated carbocycles. The monoisotopic (exact) mass is 446 g/mol. The Balaban J connectivity index is 1.64. The molecule has 0 aliphatic heterocycles. The molecule has 5 rings (SSSR count). The van der Waals surface area contributed by atoms with E-state index < -0.39 is 23.0 Å². The third-order valence-corrected chi connectivity index (χ3v) is 7.23. The van der Waals surface area contributed by atoms with Gasteiger partial charge >= 0.3 is 0 Å². The molecule has 7 nitrogen and oxygen atoms in total. The van der Waals surface area contributed by atoms with E-state index in [9.17, 15) is 13.6 Å². The molecule has 2 aromatic heterocycles. The van der Waals surface area contributed by atoms with Crippen molar-refractivity contribution in [2.75, 3.05) is 6.54 Å². The lowest BCUT2D eigenvalue weighted by Crippen LogP contribution is -2.38. The van der Waals surface area contributed by atoms with Gasteiger partial charge in [0.15, 0.2) is 0 Å². The zero-order valence-electron chi connectivity index (χ0n) is 18.1. The number of fused-ring (bicyclic) bond motifs is 5. The molecule has 2 heterocycles. The summed E-state index contributed by atoms with van der Waals surface area (Å²) < 4.78 is 28.8. The number of carbonyl (C=O) groups excluding carboxylic acids is 1. The largest absolute Gasteiger partial charge is 0.338 e. The van der Waals surface area contributed by atoms with Crippen molar-refractivity contribution in [1.29, 1.82) is 5.26 Å². The summed E-state index contributed by atoms with van der Waals surface area (Å²) in [6.07, 6.45) is 4.55. The van der Waals surface area contributed by atoms with Crippen LogP contribution in [-0.4, -0.2) is 32.6 Å². The fraction of sp³-hybridized carbons (Fsp3) is 0.333. The molecular formula is C24H20F2N6O. The van der Waals surface area contributed by atoms with Gasteiger partial charge in [0.2, 0.25) is 0 Å². The predicted octanol–water partition coefficient (Wildman–Crippen LogP) is 3.67. The van der Waals surface area contributed by atoms with Gasteiger partial charge in [-0.1, -0.05) is 19.9 Å². The van der Waals surface area contributed by atoms with Crippen molar-refractivity contribution in [3.8, 4) is 17.3 Å². The fourth-order valence-corrected chi connectivity index (χ4v) is 5.65. The van der Waals surface area contributed by atoms with Crippen LogP contribution in [0.3, 0.4) is 0 Å². The summed E-state index contributed by atoms with van der Waals surface area (Å²) >= 11 is 0. The summed E-state index contributed by atoms with van der Waals surface area (Å²) in [4.78, 5) is 21.2. The average molecular weight is 446 g/mol. The van der Waals surface area contributed by atoms with E-state index in [0.717, 1.165) is 18.4 Å². The zero-order chi connectivity index (χ0) is 23.4. The van der Waals surface area contributed by atoms with Crippen LogP contribution in [0, 0.1) is 28.4 Å². The first-order valence-electron chi connectivity index (χ1n) is 10.6. The maximum Gasteiger partial charge on any atom is 0.272 e. The molecule has 33 heavy (non-hydrogen) atoms. The smallest absolute Gasteiger partial charge is 0.272 e. The summed E-state index contributed by atoms with van der Waals surface area (Å²) in [5.41, 5.74) is 1.27. The minimum Gasteiger partial charge on any atom is -0.338 e. The van der Waals surface area contributed by atoms with Crippen LogP contribution in [0.4, 0.5) is 8.78 Å². The van der Waals surface area contributed by atoms with Crippen molar-refractivity contribution in [2.24, 2.45) is 5.41 Å². The number of aromatic nitrogens is 4. The number of benzene rings is 1. The number of hydrogen-bond acceptors (Lipinski definition) is 6. The molecular weight excluding hydrogens is 426 g/mol. The maximum absolute atomic E-state index is 14.4. The Hall–Kier alpha value is -3.80. The van der Waals surface area contributed by atoms with Crippen LogP contribution in [0.25, 0.3) is 11.3 Å². The van der Waals surface area contributed by atoms with Crippen LogP contribution in [0.15, 0.2) is 36.7 Å². The molecule has 0 saturated heterocycles. The normalized spacial score (nSPS) is 22.0. The van der Waals surface area contributed by atoms with E-state index in [2.05, 4.69) is 39.3 Å².